The number of fused-ring (bicyclic) bond motifs is 1. The van der Waals surface area contributed by atoms with Crippen LogP contribution in [0.4, 0.5) is 0 Å². The fourth-order valence-corrected chi connectivity index (χ4v) is 3.18. The summed E-state index contributed by atoms with van der Waals surface area (Å²) in [5, 5.41) is 13.6. The summed E-state index contributed by atoms with van der Waals surface area (Å²) in [4.78, 5) is 14.1. The Hall–Kier alpha value is -3.94. The van der Waals surface area contributed by atoms with E-state index in [2.05, 4.69) is 29.0 Å². The third-order valence-corrected chi connectivity index (χ3v) is 4.63. The molecule has 0 aliphatic heterocycles. The van der Waals surface area contributed by atoms with Gasteiger partial charge < -0.3 is 0 Å². The summed E-state index contributed by atoms with van der Waals surface area (Å²) in [5.41, 5.74) is 2.45. The fourth-order valence-electron chi connectivity index (χ4n) is 3.18. The Balaban J connectivity index is 1.73. The maximum absolute atomic E-state index is 4.81. The molecule has 5 aromatic rings. The van der Waals surface area contributed by atoms with Crippen LogP contribution in [0.15, 0.2) is 67.4 Å². The van der Waals surface area contributed by atoms with E-state index in [1.54, 1.807) is 23.4 Å². The van der Waals surface area contributed by atoms with Crippen molar-refractivity contribution in [1.29, 1.82) is 0 Å². The summed E-state index contributed by atoms with van der Waals surface area (Å²) in [6, 6.07) is 15.8. The SMILES string of the molecule is CC(C)c1nc(-c2cccc(-n3cnnc3)n2)n(-c2cccc3cccnc23)n1. The van der Waals surface area contributed by atoms with Crippen molar-refractivity contribution in [1.82, 2.24) is 39.5 Å². The molecule has 0 aliphatic rings. The molecule has 4 aromatic heterocycles. The van der Waals surface area contributed by atoms with E-state index in [1.165, 1.54) is 0 Å². The zero-order valence-corrected chi connectivity index (χ0v) is 16.0. The second kappa shape index (κ2) is 6.90. The molecule has 142 valence electrons. The van der Waals surface area contributed by atoms with Crippen molar-refractivity contribution in [2.75, 3.05) is 0 Å². The van der Waals surface area contributed by atoms with E-state index in [4.69, 9.17) is 15.1 Å². The maximum atomic E-state index is 4.81. The minimum Gasteiger partial charge on any atom is -0.272 e. The standard InChI is InChI=1S/C21H18N8/c1-14(2)20-26-21(16-8-4-10-18(25-16)28-12-23-24-13-28)29(27-20)17-9-3-6-15-7-5-11-22-19(15)17/h3-14H,1-2H3. The lowest BCUT2D eigenvalue weighted by atomic mass is 10.2. The van der Waals surface area contributed by atoms with Gasteiger partial charge in [0.15, 0.2) is 11.6 Å². The molecule has 0 bridgehead atoms. The van der Waals surface area contributed by atoms with Gasteiger partial charge in [0.25, 0.3) is 0 Å². The van der Waals surface area contributed by atoms with Gasteiger partial charge in [-0.1, -0.05) is 38.1 Å². The summed E-state index contributed by atoms with van der Waals surface area (Å²) >= 11 is 0. The molecule has 0 atom stereocenters. The largest absolute Gasteiger partial charge is 0.272 e. The smallest absolute Gasteiger partial charge is 0.182 e. The molecule has 8 nitrogen and oxygen atoms in total. The van der Waals surface area contributed by atoms with E-state index in [1.807, 2.05) is 53.2 Å². The average Bonchev–Trinajstić information content (AvgIpc) is 3.44. The van der Waals surface area contributed by atoms with Crippen LogP contribution < -0.4 is 0 Å². The second-order valence-electron chi connectivity index (χ2n) is 6.96. The Morgan fingerprint density at radius 2 is 1.66 bits per heavy atom. The molecule has 1 aromatic carbocycles. The van der Waals surface area contributed by atoms with Crippen molar-refractivity contribution in [2.24, 2.45) is 0 Å². The fraction of sp³-hybridized carbons (Fsp3) is 0.143. The molecule has 0 saturated carbocycles. The van der Waals surface area contributed by atoms with Gasteiger partial charge in [0.1, 0.15) is 24.2 Å². The summed E-state index contributed by atoms with van der Waals surface area (Å²) in [5.74, 6) is 2.31. The summed E-state index contributed by atoms with van der Waals surface area (Å²) in [6.45, 7) is 4.15. The minimum absolute atomic E-state index is 0.180. The molecule has 0 aliphatic carbocycles. The van der Waals surface area contributed by atoms with Crippen LogP contribution in [-0.4, -0.2) is 39.5 Å². The molecule has 0 unspecified atom stereocenters. The topological polar surface area (TPSA) is 87.2 Å². The predicted molar refractivity (Wildman–Crippen MR) is 109 cm³/mol. The van der Waals surface area contributed by atoms with E-state index in [0.717, 1.165) is 22.4 Å². The molecule has 0 N–H and O–H groups in total. The van der Waals surface area contributed by atoms with Crippen LogP contribution in [0.1, 0.15) is 25.6 Å². The number of hydrogen-bond acceptors (Lipinski definition) is 6. The maximum Gasteiger partial charge on any atom is 0.182 e. The average molecular weight is 382 g/mol. The first-order chi connectivity index (χ1) is 14.2. The molecule has 8 heteroatoms. The van der Waals surface area contributed by atoms with Crippen molar-refractivity contribution in [3.05, 3.63) is 73.2 Å². The highest BCUT2D eigenvalue weighted by Gasteiger charge is 2.19. The van der Waals surface area contributed by atoms with Gasteiger partial charge in [-0.05, 0) is 24.3 Å². The van der Waals surface area contributed by atoms with Crippen LogP contribution >= 0.6 is 0 Å². The monoisotopic (exact) mass is 382 g/mol. The van der Waals surface area contributed by atoms with E-state index in [-0.39, 0.29) is 5.92 Å². The first kappa shape index (κ1) is 17.2. The minimum atomic E-state index is 0.180. The zero-order chi connectivity index (χ0) is 19.8. The molecule has 4 heterocycles. The number of aromatic nitrogens is 8. The number of benzene rings is 1. The molecule has 0 fully saturated rings. The Bertz CT molecular complexity index is 1280. The van der Waals surface area contributed by atoms with E-state index >= 15 is 0 Å². The second-order valence-corrected chi connectivity index (χ2v) is 6.96. The number of nitrogens with zero attached hydrogens (tertiary/aromatic N) is 8. The van der Waals surface area contributed by atoms with Crippen LogP contribution in [0.3, 0.4) is 0 Å². The highest BCUT2D eigenvalue weighted by molar-refractivity contribution is 5.86. The van der Waals surface area contributed by atoms with Gasteiger partial charge in [-0.3, -0.25) is 9.55 Å². The summed E-state index contributed by atoms with van der Waals surface area (Å²) in [7, 11) is 0. The lowest BCUT2D eigenvalue weighted by molar-refractivity contribution is 0.755. The number of para-hydroxylation sites is 1. The first-order valence-electron chi connectivity index (χ1n) is 9.34. The lowest BCUT2D eigenvalue weighted by Crippen LogP contribution is -2.04. The van der Waals surface area contributed by atoms with Gasteiger partial charge in [0.05, 0.1) is 11.2 Å². The van der Waals surface area contributed by atoms with Crippen molar-refractivity contribution in [2.45, 2.75) is 19.8 Å². The Labute approximate surface area is 166 Å². The summed E-state index contributed by atoms with van der Waals surface area (Å²) < 4.78 is 3.59. The summed E-state index contributed by atoms with van der Waals surface area (Å²) in [6.07, 6.45) is 5.02. The van der Waals surface area contributed by atoms with Crippen molar-refractivity contribution >= 4 is 10.9 Å². The van der Waals surface area contributed by atoms with Gasteiger partial charge in [0.2, 0.25) is 0 Å². The van der Waals surface area contributed by atoms with Gasteiger partial charge in [-0.15, -0.1) is 10.2 Å². The molecule has 0 spiro atoms. The molecule has 0 saturated heterocycles. The Morgan fingerprint density at radius 3 is 2.48 bits per heavy atom. The van der Waals surface area contributed by atoms with E-state index in [0.29, 0.717) is 17.3 Å². The molecular formula is C21H18N8. The highest BCUT2D eigenvalue weighted by atomic mass is 15.4. The van der Waals surface area contributed by atoms with Crippen LogP contribution in [0.5, 0.6) is 0 Å². The van der Waals surface area contributed by atoms with Gasteiger partial charge in [0, 0.05) is 17.5 Å². The Morgan fingerprint density at radius 1 is 0.862 bits per heavy atom. The van der Waals surface area contributed by atoms with Crippen molar-refractivity contribution in [3.63, 3.8) is 0 Å². The highest BCUT2D eigenvalue weighted by Crippen LogP contribution is 2.26. The molecule has 29 heavy (non-hydrogen) atoms. The van der Waals surface area contributed by atoms with Crippen molar-refractivity contribution in [3.8, 4) is 23.0 Å². The molecule has 0 amide bonds. The molecule has 5 rings (SSSR count). The molecular weight excluding hydrogens is 364 g/mol. The van der Waals surface area contributed by atoms with Crippen LogP contribution in [0.2, 0.25) is 0 Å². The van der Waals surface area contributed by atoms with Crippen LogP contribution in [-0.2, 0) is 0 Å². The van der Waals surface area contributed by atoms with E-state index in [9.17, 15) is 0 Å². The number of pyridine rings is 2. The lowest BCUT2D eigenvalue weighted by Gasteiger charge is -2.09. The predicted octanol–water partition coefficient (Wildman–Crippen LogP) is 3.58. The van der Waals surface area contributed by atoms with Gasteiger partial charge in [-0.25, -0.2) is 14.6 Å². The van der Waals surface area contributed by atoms with Crippen molar-refractivity contribution < 1.29 is 0 Å². The van der Waals surface area contributed by atoms with Gasteiger partial charge >= 0.3 is 0 Å². The normalized spacial score (nSPS) is 11.4. The Kier molecular flexibility index (Phi) is 4.09. The van der Waals surface area contributed by atoms with Gasteiger partial charge in [-0.2, -0.15) is 5.10 Å². The van der Waals surface area contributed by atoms with Crippen LogP contribution in [0, 0.1) is 0 Å². The van der Waals surface area contributed by atoms with Crippen LogP contribution in [0.25, 0.3) is 33.9 Å². The third-order valence-electron chi connectivity index (χ3n) is 4.63. The zero-order valence-electron chi connectivity index (χ0n) is 16.0. The number of rotatable bonds is 4. The molecule has 0 radical (unpaired) electrons. The first-order valence-corrected chi connectivity index (χ1v) is 9.34. The quantitative estimate of drug-likeness (QED) is 0.472. The number of hydrogen-bond donors (Lipinski definition) is 0. The third kappa shape index (κ3) is 3.04. The van der Waals surface area contributed by atoms with E-state index < -0.39 is 0 Å².